The Labute approximate surface area is 219 Å². The van der Waals surface area contributed by atoms with Gasteiger partial charge in [0.1, 0.15) is 11.6 Å². The number of halogens is 2. The summed E-state index contributed by atoms with van der Waals surface area (Å²) in [7, 11) is 0. The first-order valence-electron chi connectivity index (χ1n) is 11.7. The predicted molar refractivity (Wildman–Crippen MR) is 141 cm³/mol. The summed E-state index contributed by atoms with van der Waals surface area (Å²) in [6.45, 7) is -0.235. The third kappa shape index (κ3) is 6.05. The second-order valence-electron chi connectivity index (χ2n) is 8.64. The van der Waals surface area contributed by atoms with Gasteiger partial charge in [-0.1, -0.05) is 66.2 Å². The van der Waals surface area contributed by atoms with Crippen molar-refractivity contribution in [2.24, 2.45) is 5.92 Å². The molecule has 0 fully saturated rings. The summed E-state index contributed by atoms with van der Waals surface area (Å²) in [6, 6.07) is 24.6. The molecule has 1 unspecified atom stereocenters. The number of amides is 1. The number of benzene rings is 4. The van der Waals surface area contributed by atoms with Crippen LogP contribution in [0.3, 0.4) is 0 Å². The summed E-state index contributed by atoms with van der Waals surface area (Å²) in [5, 5.41) is 23.1. The molecule has 0 aliphatic heterocycles. The Morgan fingerprint density at radius 1 is 0.892 bits per heavy atom. The molecule has 4 rings (SSSR count). The Hall–Kier alpha value is -4.00. The Balaban J connectivity index is 1.53. The summed E-state index contributed by atoms with van der Waals surface area (Å²) in [5.74, 6) is -1.79. The molecule has 37 heavy (non-hydrogen) atoms. The number of aliphatic hydroxyl groups excluding tert-OH is 1. The summed E-state index contributed by atoms with van der Waals surface area (Å²) >= 11 is 6.10. The molecule has 1 atom stereocenters. The van der Waals surface area contributed by atoms with Crippen molar-refractivity contribution < 1.29 is 24.2 Å². The number of carbonyl (C=O) groups excluding carboxylic acids is 2. The van der Waals surface area contributed by atoms with Crippen molar-refractivity contribution in [2.45, 2.75) is 6.42 Å². The molecule has 0 aromatic heterocycles. The molecule has 4 aromatic rings. The van der Waals surface area contributed by atoms with Gasteiger partial charge in [0.25, 0.3) is 5.91 Å². The molecule has 0 bridgehead atoms. The van der Waals surface area contributed by atoms with Gasteiger partial charge in [0.15, 0.2) is 5.78 Å². The first kappa shape index (κ1) is 26.1. The number of aliphatic hydroxyl groups is 1. The van der Waals surface area contributed by atoms with Crippen molar-refractivity contribution in [1.82, 2.24) is 5.32 Å². The molecule has 0 heterocycles. The van der Waals surface area contributed by atoms with E-state index in [0.717, 1.165) is 5.56 Å². The van der Waals surface area contributed by atoms with E-state index in [0.29, 0.717) is 11.1 Å². The summed E-state index contributed by atoms with van der Waals surface area (Å²) in [4.78, 5) is 26.5. The van der Waals surface area contributed by atoms with Crippen LogP contribution in [0.4, 0.5) is 4.39 Å². The Morgan fingerprint density at radius 2 is 1.59 bits per heavy atom. The fraction of sp³-hybridized carbons (Fsp3) is 0.133. The highest BCUT2D eigenvalue weighted by Crippen LogP contribution is 2.31. The number of rotatable bonds is 9. The van der Waals surface area contributed by atoms with Crippen LogP contribution in [-0.2, 0) is 6.42 Å². The molecule has 188 valence electrons. The van der Waals surface area contributed by atoms with Gasteiger partial charge >= 0.3 is 0 Å². The number of hydrogen-bond acceptors (Lipinski definition) is 4. The lowest BCUT2D eigenvalue weighted by molar-refractivity contribution is 0.0929. The summed E-state index contributed by atoms with van der Waals surface area (Å²) in [6.07, 6.45) is 0.138. The Bertz CT molecular complexity index is 1400. The average Bonchev–Trinajstić information content (AvgIpc) is 2.92. The van der Waals surface area contributed by atoms with E-state index in [4.69, 9.17) is 11.6 Å². The van der Waals surface area contributed by atoms with E-state index in [2.05, 4.69) is 5.32 Å². The molecule has 0 radical (unpaired) electrons. The molecule has 0 saturated heterocycles. The third-order valence-corrected chi connectivity index (χ3v) is 6.48. The number of nitrogens with one attached hydrogen (secondary N) is 1. The van der Waals surface area contributed by atoms with Crippen LogP contribution < -0.4 is 5.32 Å². The van der Waals surface area contributed by atoms with Crippen molar-refractivity contribution in [1.29, 1.82) is 0 Å². The lowest BCUT2D eigenvalue weighted by Crippen LogP contribution is -2.33. The molecule has 3 N–H and O–H groups in total. The second-order valence-corrected chi connectivity index (χ2v) is 9.04. The van der Waals surface area contributed by atoms with E-state index in [1.807, 2.05) is 30.3 Å². The van der Waals surface area contributed by atoms with Crippen LogP contribution in [0.5, 0.6) is 5.75 Å². The molecular formula is C30H25ClFNO4. The van der Waals surface area contributed by atoms with E-state index in [-0.39, 0.29) is 52.8 Å². The Morgan fingerprint density at radius 3 is 2.30 bits per heavy atom. The van der Waals surface area contributed by atoms with Crippen molar-refractivity contribution in [3.05, 3.63) is 124 Å². The lowest BCUT2D eigenvalue weighted by Gasteiger charge is -2.17. The second kappa shape index (κ2) is 11.8. The highest BCUT2D eigenvalue weighted by atomic mass is 35.5. The first-order chi connectivity index (χ1) is 17.9. The SMILES string of the molecule is O=C(NCC(CO)Cc1c(F)cccc1Cl)c1ccccc1C(=O)c1ccc(O)c(-c2ccccc2)c1. The molecule has 0 aliphatic carbocycles. The van der Waals surface area contributed by atoms with Crippen LogP contribution in [0.1, 0.15) is 31.8 Å². The quantitative estimate of drug-likeness (QED) is 0.250. The predicted octanol–water partition coefficient (Wildman–Crippen LogP) is 5.66. The van der Waals surface area contributed by atoms with Crippen molar-refractivity contribution in [3.8, 4) is 16.9 Å². The third-order valence-electron chi connectivity index (χ3n) is 6.12. The Kier molecular flexibility index (Phi) is 8.33. The van der Waals surface area contributed by atoms with Crippen LogP contribution >= 0.6 is 11.6 Å². The van der Waals surface area contributed by atoms with Gasteiger partial charge in [0.2, 0.25) is 0 Å². The normalized spacial score (nSPS) is 11.6. The van der Waals surface area contributed by atoms with Crippen LogP contribution in [0.2, 0.25) is 5.02 Å². The van der Waals surface area contributed by atoms with E-state index >= 15 is 0 Å². The first-order valence-corrected chi connectivity index (χ1v) is 12.1. The zero-order valence-corrected chi connectivity index (χ0v) is 20.6. The number of aromatic hydroxyl groups is 1. The van der Waals surface area contributed by atoms with Crippen LogP contribution in [0, 0.1) is 11.7 Å². The van der Waals surface area contributed by atoms with E-state index in [1.54, 1.807) is 36.4 Å². The molecule has 0 aliphatic rings. The van der Waals surface area contributed by atoms with E-state index in [1.165, 1.54) is 24.3 Å². The molecule has 0 saturated carbocycles. The monoisotopic (exact) mass is 517 g/mol. The van der Waals surface area contributed by atoms with Gasteiger partial charge in [-0.2, -0.15) is 0 Å². The zero-order valence-electron chi connectivity index (χ0n) is 19.8. The molecule has 7 heteroatoms. The molecule has 5 nitrogen and oxygen atoms in total. The lowest BCUT2D eigenvalue weighted by atomic mass is 9.94. The van der Waals surface area contributed by atoms with Gasteiger partial charge in [-0.15, -0.1) is 0 Å². The van der Waals surface area contributed by atoms with Crippen molar-refractivity contribution in [3.63, 3.8) is 0 Å². The summed E-state index contributed by atoms with van der Waals surface area (Å²) < 4.78 is 14.2. The largest absolute Gasteiger partial charge is 0.507 e. The number of carbonyl (C=O) groups is 2. The number of hydrogen-bond donors (Lipinski definition) is 3. The van der Waals surface area contributed by atoms with Crippen molar-refractivity contribution >= 4 is 23.3 Å². The van der Waals surface area contributed by atoms with Crippen LogP contribution in [0.25, 0.3) is 11.1 Å². The van der Waals surface area contributed by atoms with E-state index < -0.39 is 17.6 Å². The van der Waals surface area contributed by atoms with Crippen molar-refractivity contribution in [2.75, 3.05) is 13.2 Å². The van der Waals surface area contributed by atoms with Gasteiger partial charge < -0.3 is 15.5 Å². The maximum atomic E-state index is 14.2. The van der Waals surface area contributed by atoms with E-state index in [9.17, 15) is 24.2 Å². The van der Waals surface area contributed by atoms with Gasteiger partial charge in [0, 0.05) is 46.3 Å². The fourth-order valence-electron chi connectivity index (χ4n) is 4.11. The standard InChI is InChI=1S/C30H25ClFNO4/c31-26-11-6-12-27(32)25(26)15-19(18-34)17-33-30(37)23-10-5-4-9-22(23)29(36)21-13-14-28(35)24(16-21)20-7-2-1-3-8-20/h1-14,16,19,34-35H,15,17-18H2,(H,33,37). The smallest absolute Gasteiger partial charge is 0.252 e. The van der Waals surface area contributed by atoms with Crippen LogP contribution in [0.15, 0.2) is 91.0 Å². The van der Waals surface area contributed by atoms with Gasteiger partial charge in [-0.25, -0.2) is 4.39 Å². The topological polar surface area (TPSA) is 86.6 Å². The highest BCUT2D eigenvalue weighted by Gasteiger charge is 2.21. The molecule has 0 spiro atoms. The summed E-state index contributed by atoms with van der Waals surface area (Å²) in [5.41, 5.74) is 2.22. The zero-order chi connectivity index (χ0) is 26.4. The molecule has 1 amide bonds. The van der Waals surface area contributed by atoms with Gasteiger partial charge in [-0.05, 0) is 48.4 Å². The number of ketones is 1. The van der Waals surface area contributed by atoms with Gasteiger partial charge in [-0.3, -0.25) is 9.59 Å². The fourth-order valence-corrected chi connectivity index (χ4v) is 4.35. The van der Waals surface area contributed by atoms with Crippen LogP contribution in [-0.4, -0.2) is 35.1 Å². The number of phenolic OH excluding ortho intramolecular Hbond substituents is 1. The minimum atomic E-state index is -0.496. The number of phenols is 1. The minimum absolute atomic E-state index is 0.0405. The maximum Gasteiger partial charge on any atom is 0.252 e. The molecule has 4 aromatic carbocycles. The maximum absolute atomic E-state index is 14.2. The molecular weight excluding hydrogens is 493 g/mol. The highest BCUT2D eigenvalue weighted by molar-refractivity contribution is 6.31. The van der Waals surface area contributed by atoms with Gasteiger partial charge in [0.05, 0.1) is 5.56 Å². The average molecular weight is 518 g/mol. The minimum Gasteiger partial charge on any atom is -0.507 e.